The maximum atomic E-state index is 12.5. The molecule has 0 bridgehead atoms. The summed E-state index contributed by atoms with van der Waals surface area (Å²) in [6.45, 7) is 0.566. The van der Waals surface area contributed by atoms with Crippen LogP contribution < -0.4 is 11.1 Å². The first-order valence-electron chi connectivity index (χ1n) is 8.39. The highest BCUT2D eigenvalue weighted by atomic mass is 35.5. The van der Waals surface area contributed by atoms with Crippen molar-refractivity contribution in [2.45, 2.75) is 31.7 Å². The van der Waals surface area contributed by atoms with E-state index in [4.69, 9.17) is 5.73 Å². The molecule has 1 unspecified atom stereocenters. The minimum absolute atomic E-state index is 0. The Morgan fingerprint density at radius 2 is 1.71 bits per heavy atom. The summed E-state index contributed by atoms with van der Waals surface area (Å²) in [6.07, 6.45) is 4.20. The second-order valence-corrected chi connectivity index (χ2v) is 6.35. The zero-order valence-electron chi connectivity index (χ0n) is 13.8. The number of nitrogens with two attached hydrogens (primary N) is 1. The number of halogens is 1. The molecule has 0 saturated heterocycles. The molecule has 2 aromatic rings. The van der Waals surface area contributed by atoms with E-state index in [2.05, 4.69) is 17.4 Å². The van der Waals surface area contributed by atoms with Gasteiger partial charge in [-0.15, -0.1) is 12.4 Å². The molecule has 1 amide bonds. The molecule has 0 aliphatic heterocycles. The molecule has 1 aliphatic carbocycles. The highest BCUT2D eigenvalue weighted by Crippen LogP contribution is 2.31. The minimum Gasteiger partial charge on any atom is -0.350 e. The van der Waals surface area contributed by atoms with Crippen LogP contribution in [0.1, 0.15) is 34.3 Å². The van der Waals surface area contributed by atoms with Crippen molar-refractivity contribution in [2.75, 3.05) is 6.54 Å². The minimum atomic E-state index is -0.00948. The number of benzene rings is 2. The van der Waals surface area contributed by atoms with Crippen LogP contribution in [0.5, 0.6) is 0 Å². The van der Waals surface area contributed by atoms with E-state index in [0.29, 0.717) is 12.5 Å². The van der Waals surface area contributed by atoms with Crippen LogP contribution in [0.4, 0.5) is 0 Å². The van der Waals surface area contributed by atoms with Gasteiger partial charge in [0.1, 0.15) is 0 Å². The lowest BCUT2D eigenvalue weighted by Gasteiger charge is -2.13. The van der Waals surface area contributed by atoms with Gasteiger partial charge in [0.2, 0.25) is 0 Å². The van der Waals surface area contributed by atoms with E-state index in [0.717, 1.165) is 24.0 Å². The second kappa shape index (κ2) is 8.86. The number of rotatable bonds is 7. The van der Waals surface area contributed by atoms with E-state index in [1.165, 1.54) is 18.4 Å². The number of carbonyl (C=O) groups excluding carboxylic acids is 1. The molecule has 3 nitrogen and oxygen atoms in total. The fourth-order valence-electron chi connectivity index (χ4n) is 2.88. The van der Waals surface area contributed by atoms with Gasteiger partial charge in [0.25, 0.3) is 5.91 Å². The zero-order chi connectivity index (χ0) is 16.1. The van der Waals surface area contributed by atoms with Gasteiger partial charge in [-0.3, -0.25) is 4.79 Å². The summed E-state index contributed by atoms with van der Waals surface area (Å²) in [5, 5.41) is 2.99. The standard InChI is InChI=1S/C20H24N2O.ClH/c21-19(17-12-13-17)14-22-20(23)18-9-5-4-8-16(18)11-10-15-6-2-1-3-7-15;/h1-9,17,19H,10-14,21H2,(H,22,23);1H. The summed E-state index contributed by atoms with van der Waals surface area (Å²) < 4.78 is 0. The summed E-state index contributed by atoms with van der Waals surface area (Å²) in [6, 6.07) is 18.3. The molecule has 128 valence electrons. The van der Waals surface area contributed by atoms with E-state index in [1.807, 2.05) is 42.5 Å². The van der Waals surface area contributed by atoms with Gasteiger partial charge in [-0.05, 0) is 48.8 Å². The molecule has 4 heteroatoms. The average molecular weight is 345 g/mol. The van der Waals surface area contributed by atoms with Gasteiger partial charge >= 0.3 is 0 Å². The van der Waals surface area contributed by atoms with E-state index in [-0.39, 0.29) is 24.4 Å². The van der Waals surface area contributed by atoms with Gasteiger partial charge < -0.3 is 11.1 Å². The number of hydrogen-bond acceptors (Lipinski definition) is 2. The van der Waals surface area contributed by atoms with Crippen molar-refractivity contribution in [2.24, 2.45) is 11.7 Å². The second-order valence-electron chi connectivity index (χ2n) is 6.35. The molecule has 1 saturated carbocycles. The van der Waals surface area contributed by atoms with Crippen LogP contribution in [0.25, 0.3) is 0 Å². The van der Waals surface area contributed by atoms with Crippen molar-refractivity contribution in [3.05, 3.63) is 71.3 Å². The molecular formula is C20H25ClN2O. The Kier molecular flexibility index (Phi) is 6.83. The van der Waals surface area contributed by atoms with E-state index in [1.54, 1.807) is 0 Å². The van der Waals surface area contributed by atoms with Crippen molar-refractivity contribution >= 4 is 18.3 Å². The molecule has 1 aliphatic rings. The van der Waals surface area contributed by atoms with Crippen LogP contribution in [0.2, 0.25) is 0 Å². The fraction of sp³-hybridized carbons (Fsp3) is 0.350. The quantitative estimate of drug-likeness (QED) is 0.809. The van der Waals surface area contributed by atoms with Crippen molar-refractivity contribution in [1.29, 1.82) is 0 Å². The lowest BCUT2D eigenvalue weighted by Crippen LogP contribution is -2.38. The van der Waals surface area contributed by atoms with Gasteiger partial charge in [-0.25, -0.2) is 0 Å². The molecule has 3 rings (SSSR count). The number of amides is 1. The van der Waals surface area contributed by atoms with Crippen molar-refractivity contribution in [1.82, 2.24) is 5.32 Å². The molecular weight excluding hydrogens is 320 g/mol. The third-order valence-corrected chi connectivity index (χ3v) is 4.51. The number of aryl methyl sites for hydroxylation is 2. The molecule has 0 heterocycles. The maximum Gasteiger partial charge on any atom is 0.251 e. The largest absolute Gasteiger partial charge is 0.350 e. The van der Waals surface area contributed by atoms with Crippen molar-refractivity contribution < 1.29 is 4.79 Å². The highest BCUT2D eigenvalue weighted by Gasteiger charge is 2.28. The predicted molar refractivity (Wildman–Crippen MR) is 101 cm³/mol. The zero-order valence-corrected chi connectivity index (χ0v) is 14.6. The smallest absolute Gasteiger partial charge is 0.251 e. The van der Waals surface area contributed by atoms with Crippen LogP contribution in [0.3, 0.4) is 0 Å². The summed E-state index contributed by atoms with van der Waals surface area (Å²) in [4.78, 5) is 12.5. The van der Waals surface area contributed by atoms with Crippen LogP contribution in [0.15, 0.2) is 54.6 Å². The van der Waals surface area contributed by atoms with Crippen molar-refractivity contribution in [3.8, 4) is 0 Å². The monoisotopic (exact) mass is 344 g/mol. The van der Waals surface area contributed by atoms with E-state index in [9.17, 15) is 4.79 Å². The fourth-order valence-corrected chi connectivity index (χ4v) is 2.88. The molecule has 0 radical (unpaired) electrons. The lowest BCUT2D eigenvalue weighted by atomic mass is 9.99. The Morgan fingerprint density at radius 1 is 1.04 bits per heavy atom. The van der Waals surface area contributed by atoms with Gasteiger partial charge in [0, 0.05) is 18.2 Å². The maximum absolute atomic E-state index is 12.5. The Balaban J connectivity index is 0.00000208. The van der Waals surface area contributed by atoms with Gasteiger partial charge in [0.05, 0.1) is 0 Å². The summed E-state index contributed by atoms with van der Waals surface area (Å²) >= 11 is 0. The summed E-state index contributed by atoms with van der Waals surface area (Å²) in [5.74, 6) is 0.591. The molecule has 24 heavy (non-hydrogen) atoms. The van der Waals surface area contributed by atoms with Crippen LogP contribution in [-0.2, 0) is 12.8 Å². The Morgan fingerprint density at radius 3 is 2.42 bits per heavy atom. The van der Waals surface area contributed by atoms with Crippen LogP contribution in [0, 0.1) is 5.92 Å². The van der Waals surface area contributed by atoms with Crippen molar-refractivity contribution in [3.63, 3.8) is 0 Å². The van der Waals surface area contributed by atoms with Crippen LogP contribution >= 0.6 is 12.4 Å². The SMILES string of the molecule is Cl.NC(CNC(=O)c1ccccc1CCc1ccccc1)C1CC1. The van der Waals surface area contributed by atoms with Gasteiger partial charge in [-0.1, -0.05) is 48.5 Å². The van der Waals surface area contributed by atoms with Crippen LogP contribution in [-0.4, -0.2) is 18.5 Å². The Labute approximate surface area is 150 Å². The topological polar surface area (TPSA) is 55.1 Å². The van der Waals surface area contributed by atoms with E-state index < -0.39 is 0 Å². The first kappa shape index (κ1) is 18.5. The number of carbonyl (C=O) groups is 1. The van der Waals surface area contributed by atoms with E-state index >= 15 is 0 Å². The first-order chi connectivity index (χ1) is 11.2. The first-order valence-corrected chi connectivity index (χ1v) is 8.39. The lowest BCUT2D eigenvalue weighted by molar-refractivity contribution is 0.0949. The molecule has 2 aromatic carbocycles. The third-order valence-electron chi connectivity index (χ3n) is 4.51. The molecule has 0 spiro atoms. The molecule has 3 N–H and O–H groups in total. The van der Waals surface area contributed by atoms with Gasteiger partial charge in [0.15, 0.2) is 0 Å². The Bertz CT molecular complexity index is 656. The number of hydrogen-bond donors (Lipinski definition) is 2. The third kappa shape index (κ3) is 5.08. The molecule has 1 atom stereocenters. The Hall–Kier alpha value is -1.84. The summed E-state index contributed by atoms with van der Waals surface area (Å²) in [5.41, 5.74) is 9.21. The molecule has 1 fully saturated rings. The average Bonchev–Trinajstić information content (AvgIpc) is 3.44. The summed E-state index contributed by atoms with van der Waals surface area (Å²) in [7, 11) is 0. The number of nitrogens with one attached hydrogen (secondary N) is 1. The highest BCUT2D eigenvalue weighted by molar-refractivity contribution is 5.95. The van der Waals surface area contributed by atoms with Gasteiger partial charge in [-0.2, -0.15) is 0 Å². The predicted octanol–water partition coefficient (Wildman–Crippen LogP) is 3.36. The molecule has 0 aromatic heterocycles. The normalized spacial score (nSPS) is 14.5.